The molecule has 1 fully saturated rings. The first-order valence-electron chi connectivity index (χ1n) is 6.37. The molecule has 4 heteroatoms. The Morgan fingerprint density at radius 1 is 1.44 bits per heavy atom. The summed E-state index contributed by atoms with van der Waals surface area (Å²) < 4.78 is 5.73. The highest BCUT2D eigenvalue weighted by Crippen LogP contribution is 2.11. The van der Waals surface area contributed by atoms with Crippen molar-refractivity contribution in [1.82, 2.24) is 10.2 Å². The van der Waals surface area contributed by atoms with Crippen molar-refractivity contribution in [3.63, 3.8) is 0 Å². The quantitative estimate of drug-likeness (QED) is 0.852. The topological polar surface area (TPSA) is 41.6 Å². The Morgan fingerprint density at radius 2 is 2.22 bits per heavy atom. The van der Waals surface area contributed by atoms with Crippen molar-refractivity contribution in [3.05, 3.63) is 35.9 Å². The summed E-state index contributed by atoms with van der Waals surface area (Å²) in [5.41, 5.74) is 1.26. The number of carbonyl (C=O) groups excluding carboxylic acids is 1. The van der Waals surface area contributed by atoms with Gasteiger partial charge in [-0.2, -0.15) is 0 Å². The Balaban J connectivity index is 1.89. The first-order chi connectivity index (χ1) is 8.79. The number of ether oxygens (including phenoxy) is 1. The van der Waals surface area contributed by atoms with Crippen LogP contribution in [0.3, 0.4) is 0 Å². The fourth-order valence-corrected chi connectivity index (χ4v) is 2.21. The van der Waals surface area contributed by atoms with Crippen molar-refractivity contribution < 1.29 is 9.53 Å². The number of likely N-dealkylation sites (N-methyl/N-ethyl adjacent to an activating group) is 1. The molecular formula is C14H20N2O2. The van der Waals surface area contributed by atoms with Gasteiger partial charge in [-0.1, -0.05) is 30.3 Å². The molecule has 1 N–H and O–H groups in total. The van der Waals surface area contributed by atoms with Crippen LogP contribution in [0.25, 0.3) is 0 Å². The first-order valence-corrected chi connectivity index (χ1v) is 6.37. The van der Waals surface area contributed by atoms with Gasteiger partial charge in [0.15, 0.2) is 0 Å². The summed E-state index contributed by atoms with van der Waals surface area (Å²) in [5.74, 6) is 0.152. The Hall–Kier alpha value is -1.39. The molecule has 0 saturated carbocycles. The van der Waals surface area contributed by atoms with Crippen LogP contribution in [0.5, 0.6) is 0 Å². The first kappa shape index (κ1) is 13.1. The number of hydrogen-bond acceptors (Lipinski definition) is 3. The number of hydrogen-bond donors (Lipinski definition) is 1. The Kier molecular flexibility index (Phi) is 4.73. The third kappa shape index (κ3) is 3.55. The van der Waals surface area contributed by atoms with Crippen molar-refractivity contribution in [2.75, 3.05) is 33.3 Å². The fraction of sp³-hybridized carbons (Fsp3) is 0.500. The smallest absolute Gasteiger partial charge is 0.236 e. The molecule has 0 aromatic heterocycles. The Bertz CT molecular complexity index is 381. The summed E-state index contributed by atoms with van der Waals surface area (Å²) in [5, 5.41) is 2.90. The summed E-state index contributed by atoms with van der Waals surface area (Å²) >= 11 is 0. The van der Waals surface area contributed by atoms with E-state index in [4.69, 9.17) is 4.74 Å². The zero-order valence-electron chi connectivity index (χ0n) is 10.8. The minimum Gasteiger partial charge on any atom is -0.374 e. The van der Waals surface area contributed by atoms with Gasteiger partial charge >= 0.3 is 0 Å². The van der Waals surface area contributed by atoms with E-state index in [0.29, 0.717) is 26.2 Å². The largest absolute Gasteiger partial charge is 0.374 e. The van der Waals surface area contributed by atoms with Gasteiger partial charge in [0.2, 0.25) is 5.91 Å². The lowest BCUT2D eigenvalue weighted by molar-refractivity contribution is -0.137. The molecule has 0 spiro atoms. The van der Waals surface area contributed by atoms with Crippen LogP contribution in [0.4, 0.5) is 0 Å². The van der Waals surface area contributed by atoms with Crippen LogP contribution in [-0.2, 0) is 16.0 Å². The van der Waals surface area contributed by atoms with E-state index in [1.54, 1.807) is 7.05 Å². The van der Waals surface area contributed by atoms with Crippen molar-refractivity contribution in [2.24, 2.45) is 0 Å². The number of amides is 1. The summed E-state index contributed by atoms with van der Waals surface area (Å²) in [4.78, 5) is 13.7. The summed E-state index contributed by atoms with van der Waals surface area (Å²) in [6.07, 6.45) is 0.978. The number of morpholine rings is 1. The monoisotopic (exact) mass is 248 g/mol. The zero-order chi connectivity index (χ0) is 12.8. The van der Waals surface area contributed by atoms with Gasteiger partial charge in [0.25, 0.3) is 0 Å². The normalized spacial score (nSPS) is 19.8. The van der Waals surface area contributed by atoms with Crippen molar-refractivity contribution in [1.29, 1.82) is 0 Å². The van der Waals surface area contributed by atoms with Crippen molar-refractivity contribution in [3.8, 4) is 0 Å². The van der Waals surface area contributed by atoms with E-state index < -0.39 is 0 Å². The van der Waals surface area contributed by atoms with Crippen LogP contribution in [0.2, 0.25) is 0 Å². The molecule has 1 atom stereocenters. The average molecular weight is 248 g/mol. The second-order valence-corrected chi connectivity index (χ2v) is 4.55. The van der Waals surface area contributed by atoms with Crippen molar-refractivity contribution >= 4 is 5.91 Å². The lowest BCUT2D eigenvalue weighted by Gasteiger charge is -2.33. The number of carbonyl (C=O) groups is 1. The van der Waals surface area contributed by atoms with E-state index in [1.807, 2.05) is 23.1 Å². The molecule has 1 aliphatic rings. The highest BCUT2D eigenvalue weighted by atomic mass is 16.5. The molecule has 0 bridgehead atoms. The molecule has 1 saturated heterocycles. The molecular weight excluding hydrogens is 228 g/mol. The maximum atomic E-state index is 11.8. The number of nitrogens with zero attached hydrogens (tertiary/aromatic N) is 1. The average Bonchev–Trinajstić information content (AvgIpc) is 2.40. The standard InChI is InChI=1S/C14H20N2O2/c1-15-10-14(17)16-7-8-18-13(11-16)9-12-5-3-2-4-6-12/h2-6,13,15H,7-11H2,1H3. The van der Waals surface area contributed by atoms with Crippen LogP contribution in [0.1, 0.15) is 5.56 Å². The summed E-state index contributed by atoms with van der Waals surface area (Å²) in [6.45, 7) is 2.42. The third-order valence-corrected chi connectivity index (χ3v) is 3.13. The SMILES string of the molecule is CNCC(=O)N1CCOC(Cc2ccccc2)C1. The van der Waals surface area contributed by atoms with Crippen LogP contribution in [0, 0.1) is 0 Å². The van der Waals surface area contributed by atoms with Gasteiger partial charge in [-0.05, 0) is 12.6 Å². The van der Waals surface area contributed by atoms with Gasteiger partial charge in [-0.25, -0.2) is 0 Å². The molecule has 1 amide bonds. The van der Waals surface area contributed by atoms with E-state index in [-0.39, 0.29) is 12.0 Å². The van der Waals surface area contributed by atoms with Crippen LogP contribution < -0.4 is 5.32 Å². The molecule has 1 aromatic carbocycles. The Morgan fingerprint density at radius 3 is 2.94 bits per heavy atom. The van der Waals surface area contributed by atoms with Crippen LogP contribution >= 0.6 is 0 Å². The zero-order valence-corrected chi connectivity index (χ0v) is 10.8. The lowest BCUT2D eigenvalue weighted by Crippen LogP contribution is -2.48. The van der Waals surface area contributed by atoms with E-state index in [0.717, 1.165) is 6.42 Å². The van der Waals surface area contributed by atoms with Gasteiger partial charge < -0.3 is 15.0 Å². The van der Waals surface area contributed by atoms with Crippen LogP contribution in [0.15, 0.2) is 30.3 Å². The molecule has 18 heavy (non-hydrogen) atoms. The van der Waals surface area contributed by atoms with Gasteiger partial charge in [0.1, 0.15) is 0 Å². The number of benzene rings is 1. The van der Waals surface area contributed by atoms with E-state index in [1.165, 1.54) is 5.56 Å². The molecule has 4 nitrogen and oxygen atoms in total. The second-order valence-electron chi connectivity index (χ2n) is 4.55. The third-order valence-electron chi connectivity index (χ3n) is 3.13. The van der Waals surface area contributed by atoms with E-state index in [9.17, 15) is 4.79 Å². The molecule has 0 radical (unpaired) electrons. The second kappa shape index (κ2) is 6.52. The molecule has 1 heterocycles. The highest BCUT2D eigenvalue weighted by molar-refractivity contribution is 5.78. The Labute approximate surface area is 108 Å². The molecule has 1 aliphatic heterocycles. The van der Waals surface area contributed by atoms with Crippen LogP contribution in [-0.4, -0.2) is 50.2 Å². The maximum absolute atomic E-state index is 11.8. The molecule has 98 valence electrons. The summed E-state index contributed by atoms with van der Waals surface area (Å²) in [7, 11) is 1.79. The van der Waals surface area contributed by atoms with E-state index in [2.05, 4.69) is 17.4 Å². The fourth-order valence-electron chi connectivity index (χ4n) is 2.21. The lowest BCUT2D eigenvalue weighted by atomic mass is 10.1. The number of nitrogens with one attached hydrogen (secondary N) is 1. The van der Waals surface area contributed by atoms with E-state index >= 15 is 0 Å². The summed E-state index contributed by atoms with van der Waals surface area (Å²) in [6, 6.07) is 10.3. The van der Waals surface area contributed by atoms with Gasteiger partial charge in [0.05, 0.1) is 19.3 Å². The molecule has 1 unspecified atom stereocenters. The van der Waals surface area contributed by atoms with Gasteiger partial charge in [0, 0.05) is 19.5 Å². The number of rotatable bonds is 4. The molecule has 2 rings (SSSR count). The predicted octanol–water partition coefficient (Wildman–Crippen LogP) is 0.676. The van der Waals surface area contributed by atoms with Gasteiger partial charge in [-0.15, -0.1) is 0 Å². The minimum atomic E-state index is 0.113. The molecule has 1 aromatic rings. The van der Waals surface area contributed by atoms with Crippen molar-refractivity contribution in [2.45, 2.75) is 12.5 Å². The molecule has 0 aliphatic carbocycles. The minimum absolute atomic E-state index is 0.113. The highest BCUT2D eigenvalue weighted by Gasteiger charge is 2.23. The predicted molar refractivity (Wildman–Crippen MR) is 70.4 cm³/mol. The maximum Gasteiger partial charge on any atom is 0.236 e. The van der Waals surface area contributed by atoms with Gasteiger partial charge in [-0.3, -0.25) is 4.79 Å².